The molecule has 1 aromatic heterocycles. The minimum absolute atomic E-state index is 0.0194. The van der Waals surface area contributed by atoms with Crippen LogP contribution >= 0.6 is 0 Å². The van der Waals surface area contributed by atoms with Gasteiger partial charge in [0, 0.05) is 57.1 Å². The standard InChI is InChI=1S/C20H24N6O3/c1-13-12-18(19(29)26-10-8-25(9-11-26)15(3)28)24-20(21-13)23-17-6-4-16(5-7-17)22-14(2)27/h4-7,12H,8-11H2,1-3H3,(H,22,27)(H,21,23,24). The van der Waals surface area contributed by atoms with Gasteiger partial charge in [0.1, 0.15) is 5.69 Å². The van der Waals surface area contributed by atoms with Crippen LogP contribution in [0.4, 0.5) is 17.3 Å². The van der Waals surface area contributed by atoms with Gasteiger partial charge in [-0.3, -0.25) is 14.4 Å². The molecule has 152 valence electrons. The van der Waals surface area contributed by atoms with Gasteiger partial charge in [-0.15, -0.1) is 0 Å². The largest absolute Gasteiger partial charge is 0.339 e. The summed E-state index contributed by atoms with van der Waals surface area (Å²) in [4.78, 5) is 47.5. The molecule has 0 unspecified atom stereocenters. The van der Waals surface area contributed by atoms with E-state index in [-0.39, 0.29) is 17.7 Å². The quantitative estimate of drug-likeness (QED) is 0.816. The molecule has 1 aliphatic rings. The van der Waals surface area contributed by atoms with Gasteiger partial charge in [0.25, 0.3) is 5.91 Å². The average Bonchev–Trinajstić information content (AvgIpc) is 2.68. The van der Waals surface area contributed by atoms with Crippen molar-refractivity contribution in [3.8, 4) is 0 Å². The van der Waals surface area contributed by atoms with Crippen LogP contribution < -0.4 is 10.6 Å². The molecule has 3 amide bonds. The predicted octanol–water partition coefficient (Wildman–Crippen LogP) is 1.79. The summed E-state index contributed by atoms with van der Waals surface area (Å²) in [5, 5.41) is 5.79. The van der Waals surface area contributed by atoms with Crippen molar-refractivity contribution in [2.75, 3.05) is 36.8 Å². The number of carbonyl (C=O) groups is 3. The van der Waals surface area contributed by atoms with Crippen molar-refractivity contribution in [1.82, 2.24) is 19.8 Å². The Bertz CT molecular complexity index is 920. The lowest BCUT2D eigenvalue weighted by atomic mass is 10.2. The second-order valence-electron chi connectivity index (χ2n) is 6.90. The number of aryl methyl sites for hydroxylation is 1. The van der Waals surface area contributed by atoms with Crippen LogP contribution in [-0.4, -0.2) is 63.7 Å². The molecule has 2 heterocycles. The van der Waals surface area contributed by atoms with Crippen molar-refractivity contribution in [2.24, 2.45) is 0 Å². The molecule has 0 atom stereocenters. The van der Waals surface area contributed by atoms with Gasteiger partial charge in [-0.1, -0.05) is 0 Å². The number of hydrogen-bond donors (Lipinski definition) is 2. The number of nitrogens with zero attached hydrogens (tertiary/aromatic N) is 4. The summed E-state index contributed by atoms with van der Waals surface area (Å²) in [6.45, 7) is 6.80. The number of piperazine rings is 1. The molecular formula is C20H24N6O3. The highest BCUT2D eigenvalue weighted by molar-refractivity contribution is 5.93. The van der Waals surface area contributed by atoms with Crippen LogP contribution in [0.2, 0.25) is 0 Å². The predicted molar refractivity (Wildman–Crippen MR) is 109 cm³/mol. The van der Waals surface area contributed by atoms with E-state index in [0.717, 1.165) is 5.69 Å². The molecule has 0 aliphatic carbocycles. The molecule has 3 rings (SSSR count). The smallest absolute Gasteiger partial charge is 0.272 e. The van der Waals surface area contributed by atoms with Crippen LogP contribution in [0.3, 0.4) is 0 Å². The van der Waals surface area contributed by atoms with E-state index < -0.39 is 0 Å². The lowest BCUT2D eigenvalue weighted by Crippen LogP contribution is -2.50. The number of amides is 3. The first-order valence-electron chi connectivity index (χ1n) is 9.37. The molecule has 1 aliphatic heterocycles. The van der Waals surface area contributed by atoms with Gasteiger partial charge in [-0.05, 0) is 37.3 Å². The van der Waals surface area contributed by atoms with Gasteiger partial charge >= 0.3 is 0 Å². The van der Waals surface area contributed by atoms with E-state index >= 15 is 0 Å². The Morgan fingerprint density at radius 1 is 0.897 bits per heavy atom. The molecule has 1 saturated heterocycles. The van der Waals surface area contributed by atoms with E-state index in [4.69, 9.17) is 0 Å². The van der Waals surface area contributed by atoms with E-state index in [1.54, 1.807) is 47.1 Å². The first kappa shape index (κ1) is 20.2. The van der Waals surface area contributed by atoms with E-state index in [0.29, 0.717) is 49.2 Å². The summed E-state index contributed by atoms with van der Waals surface area (Å²) in [5.74, 6) is 0.0248. The third kappa shape index (κ3) is 5.28. The highest BCUT2D eigenvalue weighted by Crippen LogP contribution is 2.18. The Morgan fingerprint density at radius 2 is 1.48 bits per heavy atom. The van der Waals surface area contributed by atoms with Crippen LogP contribution in [0.5, 0.6) is 0 Å². The summed E-state index contributed by atoms with van der Waals surface area (Å²) in [6.07, 6.45) is 0. The average molecular weight is 396 g/mol. The fourth-order valence-electron chi connectivity index (χ4n) is 3.09. The van der Waals surface area contributed by atoms with Crippen LogP contribution in [-0.2, 0) is 9.59 Å². The van der Waals surface area contributed by atoms with Gasteiger partial charge in [0.2, 0.25) is 17.8 Å². The van der Waals surface area contributed by atoms with Gasteiger partial charge in [-0.25, -0.2) is 9.97 Å². The SMILES string of the molecule is CC(=O)Nc1ccc(Nc2nc(C)cc(C(=O)N3CCN(C(C)=O)CC3)n2)cc1. The fourth-order valence-corrected chi connectivity index (χ4v) is 3.09. The summed E-state index contributed by atoms with van der Waals surface area (Å²) in [6, 6.07) is 8.77. The minimum atomic E-state index is -0.178. The van der Waals surface area contributed by atoms with E-state index in [1.165, 1.54) is 13.8 Å². The Balaban J connectivity index is 1.70. The number of benzene rings is 1. The highest BCUT2D eigenvalue weighted by atomic mass is 16.2. The van der Waals surface area contributed by atoms with E-state index in [9.17, 15) is 14.4 Å². The number of aromatic nitrogens is 2. The van der Waals surface area contributed by atoms with Crippen LogP contribution in [0.15, 0.2) is 30.3 Å². The van der Waals surface area contributed by atoms with Crippen LogP contribution in [0.25, 0.3) is 0 Å². The van der Waals surface area contributed by atoms with Gasteiger partial charge < -0.3 is 20.4 Å². The van der Waals surface area contributed by atoms with Crippen molar-refractivity contribution in [2.45, 2.75) is 20.8 Å². The van der Waals surface area contributed by atoms with Crippen molar-refractivity contribution >= 4 is 35.0 Å². The molecule has 29 heavy (non-hydrogen) atoms. The normalized spacial score (nSPS) is 13.8. The lowest BCUT2D eigenvalue weighted by molar-refractivity contribution is -0.130. The second-order valence-corrected chi connectivity index (χ2v) is 6.90. The summed E-state index contributed by atoms with van der Waals surface area (Å²) in [7, 11) is 0. The lowest BCUT2D eigenvalue weighted by Gasteiger charge is -2.34. The summed E-state index contributed by atoms with van der Waals surface area (Å²) >= 11 is 0. The number of carbonyl (C=O) groups excluding carboxylic acids is 3. The molecule has 2 aromatic rings. The molecule has 1 aromatic carbocycles. The van der Waals surface area contributed by atoms with Crippen molar-refractivity contribution in [1.29, 1.82) is 0 Å². The Hall–Kier alpha value is -3.49. The maximum Gasteiger partial charge on any atom is 0.272 e. The third-order valence-electron chi connectivity index (χ3n) is 4.55. The fraction of sp³-hybridized carbons (Fsp3) is 0.350. The van der Waals surface area contributed by atoms with Crippen molar-refractivity contribution in [3.63, 3.8) is 0 Å². The zero-order valence-electron chi connectivity index (χ0n) is 16.7. The second kappa shape index (κ2) is 8.68. The third-order valence-corrected chi connectivity index (χ3v) is 4.55. The molecule has 1 fully saturated rings. The number of rotatable bonds is 4. The maximum absolute atomic E-state index is 12.8. The minimum Gasteiger partial charge on any atom is -0.339 e. The molecule has 9 heteroatoms. The first-order valence-corrected chi connectivity index (χ1v) is 9.37. The van der Waals surface area contributed by atoms with E-state index in [2.05, 4.69) is 20.6 Å². The summed E-state index contributed by atoms with van der Waals surface area (Å²) < 4.78 is 0. The van der Waals surface area contributed by atoms with Crippen LogP contribution in [0, 0.1) is 6.92 Å². The monoisotopic (exact) mass is 396 g/mol. The number of anilines is 3. The van der Waals surface area contributed by atoms with Gasteiger partial charge in [0.15, 0.2) is 0 Å². The molecule has 0 bridgehead atoms. The first-order chi connectivity index (χ1) is 13.8. The Labute approximate surface area is 169 Å². The number of nitrogens with one attached hydrogen (secondary N) is 2. The molecule has 2 N–H and O–H groups in total. The summed E-state index contributed by atoms with van der Waals surface area (Å²) in [5.41, 5.74) is 2.40. The van der Waals surface area contributed by atoms with Crippen molar-refractivity contribution < 1.29 is 14.4 Å². The number of hydrogen-bond acceptors (Lipinski definition) is 6. The van der Waals surface area contributed by atoms with Crippen molar-refractivity contribution in [3.05, 3.63) is 41.7 Å². The van der Waals surface area contributed by atoms with E-state index in [1.807, 2.05) is 0 Å². The van der Waals surface area contributed by atoms with Crippen LogP contribution in [0.1, 0.15) is 30.0 Å². The topological polar surface area (TPSA) is 108 Å². The molecule has 0 radical (unpaired) electrons. The molecular weight excluding hydrogens is 372 g/mol. The molecule has 0 saturated carbocycles. The Morgan fingerprint density at radius 3 is 2.07 bits per heavy atom. The zero-order valence-corrected chi connectivity index (χ0v) is 16.7. The highest BCUT2D eigenvalue weighted by Gasteiger charge is 2.24. The van der Waals surface area contributed by atoms with Gasteiger partial charge in [-0.2, -0.15) is 0 Å². The maximum atomic E-state index is 12.8. The van der Waals surface area contributed by atoms with Gasteiger partial charge in [0.05, 0.1) is 0 Å². The molecule has 0 spiro atoms. The molecule has 9 nitrogen and oxygen atoms in total. The Kier molecular flexibility index (Phi) is 6.06. The zero-order chi connectivity index (χ0) is 21.0.